The molecule has 6 N–H and O–H groups in total. The number of benzene rings is 2. The Hall–Kier alpha value is -5.78. The molecule has 2 aliphatic heterocycles. The number of carbonyl (C=O) groups excluding carboxylic acids is 6. The molecule has 6 rings (SSSR count). The lowest BCUT2D eigenvalue weighted by Crippen LogP contribution is -2.62. The Balaban J connectivity index is 0.000000254. The Bertz CT molecular complexity index is 2190. The summed E-state index contributed by atoms with van der Waals surface area (Å²) < 4.78 is 19.1. The van der Waals surface area contributed by atoms with Crippen molar-refractivity contribution in [3.63, 3.8) is 0 Å². The third-order valence-electron chi connectivity index (χ3n) is 12.4. The van der Waals surface area contributed by atoms with Crippen molar-refractivity contribution in [2.75, 3.05) is 52.0 Å². The Morgan fingerprint density at radius 3 is 1.29 bits per heavy atom. The van der Waals surface area contributed by atoms with Crippen molar-refractivity contribution < 1.29 is 38.2 Å². The quantitative estimate of drug-likeness (QED) is 0.0838. The molecular formula is C46H64N12O8S2. The summed E-state index contributed by atoms with van der Waals surface area (Å²) in [5, 5.41) is 26.5. The maximum atomic E-state index is 13.6. The van der Waals surface area contributed by atoms with Gasteiger partial charge in [0.15, 0.2) is 0 Å². The van der Waals surface area contributed by atoms with Gasteiger partial charge < -0.3 is 51.2 Å². The molecule has 2 unspecified atom stereocenters. The van der Waals surface area contributed by atoms with Gasteiger partial charge in [-0.3, -0.25) is 28.8 Å². The average molecular weight is 977 g/mol. The fourth-order valence-electron chi connectivity index (χ4n) is 7.54. The third-order valence-corrected chi connectivity index (χ3v) is 13.7. The van der Waals surface area contributed by atoms with Gasteiger partial charge in [-0.15, -0.1) is 10.2 Å². The minimum absolute atomic E-state index is 0.307. The smallest absolute Gasteiger partial charge is 0.248 e. The molecule has 0 saturated carbocycles. The standard InChI is InChI=1S/2C23H32N6O4S/c2*1-14(24-4)19(30)25-18(23(2,3)33-5)22(32)29-13-9-12-16(29)20(31)26-21-17(27-28-34-21)15-10-7-6-8-11-15/h2*6-8,10-11,14,16,18,24H,9,12-13H2,1-5H3,(H,25,30)(H,26,31)/t2*14-,16-,18?/m00/s1. The second kappa shape index (κ2) is 24.0. The van der Waals surface area contributed by atoms with Crippen LogP contribution >= 0.6 is 23.1 Å². The number of likely N-dealkylation sites (N-methyl/N-ethyl adjacent to an activating group) is 2. The maximum absolute atomic E-state index is 13.6. The van der Waals surface area contributed by atoms with Crippen molar-refractivity contribution in [3.8, 4) is 22.5 Å². The second-order valence-electron chi connectivity index (χ2n) is 17.5. The van der Waals surface area contributed by atoms with Crippen molar-refractivity contribution in [3.05, 3.63) is 60.7 Å². The molecule has 6 amide bonds. The van der Waals surface area contributed by atoms with Crippen molar-refractivity contribution in [2.24, 2.45) is 0 Å². The van der Waals surface area contributed by atoms with Gasteiger partial charge in [-0.2, -0.15) is 0 Å². The summed E-state index contributed by atoms with van der Waals surface area (Å²) in [6, 6.07) is 14.7. The topological polar surface area (TPSA) is 251 Å². The molecule has 4 heterocycles. The van der Waals surface area contributed by atoms with Gasteiger partial charge >= 0.3 is 0 Å². The van der Waals surface area contributed by atoms with Crippen molar-refractivity contribution in [2.45, 2.75) is 115 Å². The number of nitrogens with zero attached hydrogens (tertiary/aromatic N) is 6. The number of methoxy groups -OCH3 is 2. The molecule has 0 bridgehead atoms. The Labute approximate surface area is 405 Å². The Morgan fingerprint density at radius 2 is 0.971 bits per heavy atom. The number of anilines is 2. The van der Waals surface area contributed by atoms with Gasteiger partial charge in [0.2, 0.25) is 35.4 Å². The predicted molar refractivity (Wildman–Crippen MR) is 261 cm³/mol. The number of hydrogen-bond donors (Lipinski definition) is 6. The first kappa shape index (κ1) is 53.2. The number of carbonyl (C=O) groups is 6. The highest BCUT2D eigenvalue weighted by molar-refractivity contribution is 7.11. The molecule has 6 atom stereocenters. The van der Waals surface area contributed by atoms with E-state index in [-0.39, 0.29) is 35.4 Å². The fraction of sp³-hybridized carbons (Fsp3) is 0.522. The van der Waals surface area contributed by atoms with Gasteiger partial charge in [0.1, 0.15) is 45.6 Å². The monoisotopic (exact) mass is 976 g/mol. The molecule has 0 aliphatic carbocycles. The summed E-state index contributed by atoms with van der Waals surface area (Å²) in [5.41, 5.74) is 0.893. The highest BCUT2D eigenvalue weighted by Gasteiger charge is 2.46. The van der Waals surface area contributed by atoms with Gasteiger partial charge in [0.25, 0.3) is 0 Å². The molecule has 2 aliphatic rings. The zero-order valence-corrected chi connectivity index (χ0v) is 41.9. The van der Waals surface area contributed by atoms with Crippen LogP contribution in [0.15, 0.2) is 60.7 Å². The minimum atomic E-state index is -0.980. The Morgan fingerprint density at radius 1 is 0.618 bits per heavy atom. The van der Waals surface area contributed by atoms with Crippen molar-refractivity contribution >= 4 is 68.5 Å². The molecule has 0 radical (unpaired) electrons. The van der Waals surface area contributed by atoms with Crippen LogP contribution in [0.2, 0.25) is 0 Å². The van der Waals surface area contributed by atoms with Crippen LogP contribution in [0.4, 0.5) is 10.0 Å². The molecule has 2 fully saturated rings. The van der Waals surface area contributed by atoms with Crippen molar-refractivity contribution in [1.82, 2.24) is 50.2 Å². The molecule has 68 heavy (non-hydrogen) atoms. The summed E-state index contributed by atoms with van der Waals surface area (Å²) in [6.45, 7) is 11.2. The van der Waals surface area contributed by atoms with E-state index < -0.39 is 47.5 Å². The van der Waals surface area contributed by atoms with Crippen LogP contribution in [0.25, 0.3) is 22.5 Å². The summed E-state index contributed by atoms with van der Waals surface area (Å²) in [7, 11) is 6.32. The van der Waals surface area contributed by atoms with Crippen molar-refractivity contribution in [1.29, 1.82) is 0 Å². The highest BCUT2D eigenvalue weighted by atomic mass is 32.1. The lowest BCUT2D eigenvalue weighted by molar-refractivity contribution is -0.147. The van der Waals surface area contributed by atoms with E-state index in [9.17, 15) is 28.8 Å². The summed E-state index contributed by atoms with van der Waals surface area (Å²) in [6.07, 6.45) is 2.39. The van der Waals surface area contributed by atoms with Gasteiger partial charge in [-0.1, -0.05) is 69.6 Å². The van der Waals surface area contributed by atoms with Crippen LogP contribution in [0.5, 0.6) is 0 Å². The maximum Gasteiger partial charge on any atom is 0.248 e. The molecule has 0 spiro atoms. The molecule has 22 heteroatoms. The minimum Gasteiger partial charge on any atom is -0.376 e. The fourth-order valence-corrected chi connectivity index (χ4v) is 8.73. The van der Waals surface area contributed by atoms with Gasteiger partial charge in [0, 0.05) is 61.5 Å². The van der Waals surface area contributed by atoms with Crippen LogP contribution < -0.4 is 31.9 Å². The molecule has 4 aromatic rings. The van der Waals surface area contributed by atoms with E-state index in [1.807, 2.05) is 60.7 Å². The van der Waals surface area contributed by atoms with Crippen LogP contribution in [0, 0.1) is 0 Å². The molecule has 20 nitrogen and oxygen atoms in total. The van der Waals surface area contributed by atoms with E-state index in [4.69, 9.17) is 9.47 Å². The largest absolute Gasteiger partial charge is 0.376 e. The van der Waals surface area contributed by atoms with E-state index in [2.05, 4.69) is 51.1 Å². The lowest BCUT2D eigenvalue weighted by atomic mass is 9.96. The number of amides is 6. The van der Waals surface area contributed by atoms with E-state index >= 15 is 0 Å². The van der Waals surface area contributed by atoms with E-state index in [1.165, 1.54) is 24.0 Å². The van der Waals surface area contributed by atoms with Crippen LogP contribution in [0.3, 0.4) is 0 Å². The molecule has 2 aromatic carbocycles. The second-order valence-corrected chi connectivity index (χ2v) is 19.0. The summed E-state index contributed by atoms with van der Waals surface area (Å²) in [4.78, 5) is 81.9. The van der Waals surface area contributed by atoms with E-state index in [0.29, 0.717) is 60.2 Å². The number of nitrogens with one attached hydrogen (secondary N) is 6. The van der Waals surface area contributed by atoms with Crippen LogP contribution in [-0.4, -0.2) is 153 Å². The number of rotatable bonds is 18. The first-order valence-electron chi connectivity index (χ1n) is 22.4. The summed E-state index contributed by atoms with van der Waals surface area (Å²) in [5.74, 6) is -1.97. The zero-order chi connectivity index (χ0) is 49.8. The number of ether oxygens (including phenoxy) is 2. The number of hydrogen-bond acceptors (Lipinski definition) is 16. The van der Waals surface area contributed by atoms with Gasteiger partial charge in [-0.05, 0) is 81.3 Å². The number of likely N-dealkylation sites (tertiary alicyclic amines) is 2. The molecule has 2 saturated heterocycles. The molecule has 368 valence electrons. The third kappa shape index (κ3) is 12.8. The normalized spacial score (nSPS) is 17.8. The van der Waals surface area contributed by atoms with Gasteiger partial charge in [0.05, 0.1) is 23.3 Å². The average Bonchev–Trinajstić information content (AvgIpc) is 4.20. The Kier molecular flexibility index (Phi) is 18.8. The van der Waals surface area contributed by atoms with Crippen LogP contribution in [0.1, 0.15) is 67.2 Å². The van der Waals surface area contributed by atoms with Crippen LogP contribution in [-0.2, 0) is 38.2 Å². The highest BCUT2D eigenvalue weighted by Crippen LogP contribution is 2.32. The first-order valence-corrected chi connectivity index (χ1v) is 24.0. The predicted octanol–water partition coefficient (Wildman–Crippen LogP) is 3.30. The SMILES string of the molecule is CN[C@@H](C)C(=O)NC(C(=O)N1CCC[C@H]1C(=O)Nc1snnc1-c1ccccc1)C(C)(C)OC.CN[C@@H](C)C(=O)NC(C(=O)N1CCC[C@H]1C(=O)Nc1snnc1-c1ccccc1)C(C)(C)OC. The lowest BCUT2D eigenvalue weighted by Gasteiger charge is -2.37. The summed E-state index contributed by atoms with van der Waals surface area (Å²) >= 11 is 2.18. The zero-order valence-electron chi connectivity index (χ0n) is 40.2. The number of aromatic nitrogens is 4. The van der Waals surface area contributed by atoms with E-state index in [1.54, 1.807) is 55.6 Å². The van der Waals surface area contributed by atoms with Gasteiger partial charge in [-0.25, -0.2) is 0 Å². The first-order chi connectivity index (χ1) is 32.4. The molecule has 2 aromatic heterocycles. The van der Waals surface area contributed by atoms with E-state index in [0.717, 1.165) is 34.2 Å². The molecular weight excluding hydrogens is 913 g/mol.